The fourth-order valence-electron chi connectivity index (χ4n) is 2.57. The number of hydrogen-bond acceptors (Lipinski definition) is 4. The van der Waals surface area contributed by atoms with Gasteiger partial charge in [0.2, 0.25) is 0 Å². The maximum atomic E-state index is 11.7. The molecule has 4 unspecified atom stereocenters. The number of carboxylic acids is 1. The zero-order valence-electron chi connectivity index (χ0n) is 10.6. The lowest BCUT2D eigenvalue weighted by atomic mass is 9.90. The van der Waals surface area contributed by atoms with Crippen molar-refractivity contribution in [3.8, 4) is 0 Å². The largest absolute Gasteiger partial charge is 0.481 e. The molecule has 0 aromatic carbocycles. The van der Waals surface area contributed by atoms with Gasteiger partial charge in [0.25, 0.3) is 0 Å². The van der Waals surface area contributed by atoms with E-state index in [1.807, 2.05) is 6.92 Å². The molecule has 0 bridgehead atoms. The topological polar surface area (TPSA) is 76.1 Å². The Morgan fingerprint density at radius 3 is 2.78 bits per heavy atom. The maximum absolute atomic E-state index is 11.7. The van der Waals surface area contributed by atoms with Crippen molar-refractivity contribution in [3.05, 3.63) is 0 Å². The Balaban J connectivity index is 1.74. The number of aliphatic carboxylic acids is 1. The molecule has 1 saturated carbocycles. The van der Waals surface area contributed by atoms with E-state index in [9.17, 15) is 9.59 Å². The zero-order chi connectivity index (χ0) is 13.1. The predicted molar refractivity (Wildman–Crippen MR) is 63.0 cm³/mol. The summed E-state index contributed by atoms with van der Waals surface area (Å²) in [6, 6.07) is 0. The fourth-order valence-corrected chi connectivity index (χ4v) is 2.57. The Labute approximate surface area is 106 Å². The minimum atomic E-state index is -1.09. The van der Waals surface area contributed by atoms with E-state index in [1.165, 1.54) is 0 Å². The number of rotatable bonds is 6. The summed E-state index contributed by atoms with van der Waals surface area (Å²) in [5, 5.41) is 8.94. The molecule has 0 aromatic rings. The highest BCUT2D eigenvalue weighted by atomic mass is 16.6. The molecule has 0 spiro atoms. The monoisotopic (exact) mass is 256 g/mol. The summed E-state index contributed by atoms with van der Waals surface area (Å²) < 4.78 is 10.6. The summed E-state index contributed by atoms with van der Waals surface area (Å²) >= 11 is 0. The van der Waals surface area contributed by atoms with Gasteiger partial charge in [-0.2, -0.15) is 0 Å². The van der Waals surface area contributed by atoms with Crippen molar-refractivity contribution < 1.29 is 24.2 Å². The number of ether oxygens (including phenoxy) is 2. The molecule has 1 aliphatic carbocycles. The SMILES string of the molecule is CCCC(C(=O)O)C(=O)OCC1CCC2OC2C1. The minimum absolute atomic E-state index is 0.328. The number of carboxylic acid groups (broad SMARTS) is 1. The predicted octanol–water partition coefficient (Wildman–Crippen LogP) is 1.60. The van der Waals surface area contributed by atoms with Gasteiger partial charge in [0.1, 0.15) is 0 Å². The number of epoxide rings is 1. The van der Waals surface area contributed by atoms with E-state index in [0.717, 1.165) is 19.3 Å². The van der Waals surface area contributed by atoms with Crippen LogP contribution in [0.5, 0.6) is 0 Å². The van der Waals surface area contributed by atoms with Gasteiger partial charge in [0, 0.05) is 0 Å². The smallest absolute Gasteiger partial charge is 0.320 e. The molecular weight excluding hydrogens is 236 g/mol. The molecule has 18 heavy (non-hydrogen) atoms. The summed E-state index contributed by atoms with van der Waals surface area (Å²) in [5.74, 6) is -2.36. The number of hydrogen-bond donors (Lipinski definition) is 1. The van der Waals surface area contributed by atoms with Gasteiger partial charge in [-0.25, -0.2) is 0 Å². The molecule has 4 atom stereocenters. The number of fused-ring (bicyclic) bond motifs is 1. The number of esters is 1. The van der Waals surface area contributed by atoms with Gasteiger partial charge in [-0.3, -0.25) is 9.59 Å². The number of carbonyl (C=O) groups is 2. The van der Waals surface area contributed by atoms with Gasteiger partial charge < -0.3 is 14.6 Å². The third-order valence-electron chi connectivity index (χ3n) is 3.73. The third-order valence-corrected chi connectivity index (χ3v) is 3.73. The van der Waals surface area contributed by atoms with Crippen molar-refractivity contribution in [1.82, 2.24) is 0 Å². The molecule has 1 saturated heterocycles. The average molecular weight is 256 g/mol. The fraction of sp³-hybridized carbons (Fsp3) is 0.846. The van der Waals surface area contributed by atoms with E-state index in [-0.39, 0.29) is 0 Å². The Hall–Kier alpha value is -1.10. The Bertz CT molecular complexity index is 327. The average Bonchev–Trinajstić information content (AvgIpc) is 3.10. The van der Waals surface area contributed by atoms with Crippen LogP contribution in [0, 0.1) is 11.8 Å². The molecule has 2 rings (SSSR count). The van der Waals surface area contributed by atoms with Crippen molar-refractivity contribution in [2.24, 2.45) is 11.8 Å². The lowest BCUT2D eigenvalue weighted by Crippen LogP contribution is -2.28. The molecule has 2 aliphatic rings. The molecular formula is C13H20O5. The first kappa shape index (κ1) is 13.3. The van der Waals surface area contributed by atoms with E-state index in [2.05, 4.69) is 0 Å². The van der Waals surface area contributed by atoms with E-state index >= 15 is 0 Å². The summed E-state index contributed by atoms with van der Waals surface area (Å²) in [6.07, 6.45) is 4.75. The van der Waals surface area contributed by atoms with Crippen molar-refractivity contribution in [2.45, 2.75) is 51.2 Å². The molecule has 0 amide bonds. The van der Waals surface area contributed by atoms with Crippen LogP contribution in [-0.2, 0) is 19.1 Å². The van der Waals surface area contributed by atoms with Crippen molar-refractivity contribution in [3.63, 3.8) is 0 Å². The standard InChI is InChI=1S/C13H20O5/c1-2-3-9(12(14)15)13(16)17-7-8-4-5-10-11(6-8)18-10/h8-11H,2-7H2,1H3,(H,14,15). The second-order valence-electron chi connectivity index (χ2n) is 5.20. The molecule has 5 heteroatoms. The first-order valence-electron chi connectivity index (χ1n) is 6.66. The van der Waals surface area contributed by atoms with E-state index in [1.54, 1.807) is 0 Å². The summed E-state index contributed by atoms with van der Waals surface area (Å²) in [4.78, 5) is 22.6. The highest BCUT2D eigenvalue weighted by Gasteiger charge is 2.44. The minimum Gasteiger partial charge on any atom is -0.481 e. The lowest BCUT2D eigenvalue weighted by molar-refractivity contribution is -0.160. The van der Waals surface area contributed by atoms with Crippen LogP contribution in [-0.4, -0.2) is 35.9 Å². The quantitative estimate of drug-likeness (QED) is 0.444. The van der Waals surface area contributed by atoms with Crippen LogP contribution in [0.1, 0.15) is 39.0 Å². The molecule has 102 valence electrons. The Morgan fingerprint density at radius 2 is 2.17 bits per heavy atom. The first-order chi connectivity index (χ1) is 8.61. The van der Waals surface area contributed by atoms with Crippen molar-refractivity contribution in [2.75, 3.05) is 6.61 Å². The van der Waals surface area contributed by atoms with Crippen LogP contribution in [0.25, 0.3) is 0 Å². The van der Waals surface area contributed by atoms with Gasteiger partial charge in [-0.1, -0.05) is 13.3 Å². The summed E-state index contributed by atoms with van der Waals surface area (Å²) in [6.45, 7) is 2.19. The molecule has 1 heterocycles. The third kappa shape index (κ3) is 3.22. The van der Waals surface area contributed by atoms with E-state index < -0.39 is 17.9 Å². The lowest BCUT2D eigenvalue weighted by Gasteiger charge is -2.19. The van der Waals surface area contributed by atoms with Crippen molar-refractivity contribution >= 4 is 11.9 Å². The van der Waals surface area contributed by atoms with Crippen LogP contribution in [0.3, 0.4) is 0 Å². The Morgan fingerprint density at radius 1 is 1.39 bits per heavy atom. The van der Waals surface area contributed by atoms with Crippen LogP contribution in [0.4, 0.5) is 0 Å². The summed E-state index contributed by atoms with van der Waals surface area (Å²) in [5.41, 5.74) is 0. The number of carbonyl (C=O) groups excluding carboxylic acids is 1. The molecule has 0 aromatic heterocycles. The highest BCUT2D eigenvalue weighted by Crippen LogP contribution is 2.39. The molecule has 1 N–H and O–H groups in total. The van der Waals surface area contributed by atoms with Gasteiger partial charge in [-0.15, -0.1) is 0 Å². The van der Waals surface area contributed by atoms with Crippen LogP contribution >= 0.6 is 0 Å². The van der Waals surface area contributed by atoms with Crippen LogP contribution in [0.2, 0.25) is 0 Å². The van der Waals surface area contributed by atoms with Gasteiger partial charge >= 0.3 is 11.9 Å². The van der Waals surface area contributed by atoms with Crippen molar-refractivity contribution in [1.29, 1.82) is 0 Å². The first-order valence-corrected chi connectivity index (χ1v) is 6.66. The highest BCUT2D eigenvalue weighted by molar-refractivity contribution is 5.93. The molecule has 1 aliphatic heterocycles. The summed E-state index contributed by atoms with van der Waals surface area (Å²) in [7, 11) is 0. The molecule has 5 nitrogen and oxygen atoms in total. The van der Waals surface area contributed by atoms with Gasteiger partial charge in [0.15, 0.2) is 5.92 Å². The Kier molecular flexibility index (Phi) is 4.22. The van der Waals surface area contributed by atoms with Crippen LogP contribution < -0.4 is 0 Å². The van der Waals surface area contributed by atoms with Gasteiger partial charge in [0.05, 0.1) is 18.8 Å². The van der Waals surface area contributed by atoms with Gasteiger partial charge in [-0.05, 0) is 31.6 Å². The second kappa shape index (κ2) is 5.69. The van der Waals surface area contributed by atoms with E-state index in [4.69, 9.17) is 14.6 Å². The maximum Gasteiger partial charge on any atom is 0.320 e. The van der Waals surface area contributed by atoms with Crippen LogP contribution in [0.15, 0.2) is 0 Å². The second-order valence-corrected chi connectivity index (χ2v) is 5.20. The normalized spacial score (nSPS) is 31.3. The molecule has 2 fully saturated rings. The zero-order valence-corrected chi connectivity index (χ0v) is 10.6. The van der Waals surface area contributed by atoms with E-state index in [0.29, 0.717) is 37.6 Å². The molecule has 0 radical (unpaired) electrons.